The number of ether oxygens (including phenoxy) is 2. The Balaban J connectivity index is 2.13. The van der Waals surface area contributed by atoms with Crippen molar-refractivity contribution in [1.29, 1.82) is 0 Å². The Kier molecular flexibility index (Phi) is 5.53. The summed E-state index contributed by atoms with van der Waals surface area (Å²) >= 11 is 0. The van der Waals surface area contributed by atoms with Gasteiger partial charge in [0.2, 0.25) is 5.82 Å². The fourth-order valence-corrected chi connectivity index (χ4v) is 1.91. The molecule has 116 valence electrons. The van der Waals surface area contributed by atoms with Gasteiger partial charge in [-0.05, 0) is 36.2 Å². The highest BCUT2D eigenvalue weighted by atomic mass is 19.2. The number of rotatable bonds is 6. The maximum absolute atomic E-state index is 13.8. The minimum absolute atomic E-state index is 0.105. The predicted octanol–water partition coefficient (Wildman–Crippen LogP) is 4.93. The second kappa shape index (κ2) is 7.59. The van der Waals surface area contributed by atoms with Crippen LogP contribution in [0.2, 0.25) is 0 Å². The molecule has 0 N–H and O–H groups in total. The number of hydrogen-bond donors (Lipinski definition) is 0. The van der Waals surface area contributed by atoms with E-state index in [9.17, 15) is 8.78 Å². The van der Waals surface area contributed by atoms with E-state index >= 15 is 0 Å². The molecule has 0 unspecified atom stereocenters. The summed E-state index contributed by atoms with van der Waals surface area (Å²) in [5, 5.41) is 0. The Bertz CT molecular complexity index is 649. The first-order valence-corrected chi connectivity index (χ1v) is 7.08. The number of halogens is 2. The highest BCUT2D eigenvalue weighted by molar-refractivity contribution is 5.70. The molecule has 22 heavy (non-hydrogen) atoms. The molecule has 4 heteroatoms. The zero-order valence-corrected chi connectivity index (χ0v) is 12.6. The normalized spacial score (nSPS) is 10.9. The van der Waals surface area contributed by atoms with Crippen molar-refractivity contribution in [3.05, 3.63) is 59.2 Å². The SMILES string of the molecule is CCCOc1ccc(C=Cc2ccc(OC)c(F)c2F)cc1. The summed E-state index contributed by atoms with van der Waals surface area (Å²) in [6.07, 6.45) is 4.19. The summed E-state index contributed by atoms with van der Waals surface area (Å²) < 4.78 is 37.7. The van der Waals surface area contributed by atoms with Gasteiger partial charge in [0.25, 0.3) is 0 Å². The van der Waals surface area contributed by atoms with Crippen molar-refractivity contribution in [3.8, 4) is 11.5 Å². The summed E-state index contributed by atoms with van der Waals surface area (Å²) in [4.78, 5) is 0. The van der Waals surface area contributed by atoms with E-state index < -0.39 is 11.6 Å². The van der Waals surface area contributed by atoms with Crippen molar-refractivity contribution in [3.63, 3.8) is 0 Å². The second-order valence-corrected chi connectivity index (χ2v) is 4.74. The Morgan fingerprint density at radius 1 is 0.955 bits per heavy atom. The predicted molar refractivity (Wildman–Crippen MR) is 84.1 cm³/mol. The highest BCUT2D eigenvalue weighted by Gasteiger charge is 2.11. The summed E-state index contributed by atoms with van der Waals surface area (Å²) in [7, 11) is 1.30. The van der Waals surface area contributed by atoms with Crippen molar-refractivity contribution in [2.75, 3.05) is 13.7 Å². The molecule has 0 aliphatic heterocycles. The number of hydrogen-bond acceptors (Lipinski definition) is 2. The molecule has 0 amide bonds. The molecule has 0 spiro atoms. The van der Waals surface area contributed by atoms with Crippen LogP contribution in [0.1, 0.15) is 24.5 Å². The standard InChI is InChI=1S/C18H18F2O2/c1-3-12-22-15-9-5-13(6-10-15)4-7-14-8-11-16(21-2)18(20)17(14)19/h4-11H,3,12H2,1-2H3. The maximum atomic E-state index is 13.8. The van der Waals surface area contributed by atoms with Crippen LogP contribution in [0, 0.1) is 11.6 Å². The van der Waals surface area contributed by atoms with E-state index in [-0.39, 0.29) is 11.3 Å². The molecule has 0 aliphatic carbocycles. The van der Waals surface area contributed by atoms with Crippen LogP contribution in [-0.2, 0) is 0 Å². The Morgan fingerprint density at radius 2 is 1.68 bits per heavy atom. The molecule has 0 aromatic heterocycles. The fraction of sp³-hybridized carbons (Fsp3) is 0.222. The van der Waals surface area contributed by atoms with Gasteiger partial charge >= 0.3 is 0 Å². The van der Waals surface area contributed by atoms with Crippen LogP contribution in [-0.4, -0.2) is 13.7 Å². The average Bonchev–Trinajstić information content (AvgIpc) is 2.55. The zero-order chi connectivity index (χ0) is 15.9. The molecule has 0 bridgehead atoms. The van der Waals surface area contributed by atoms with E-state index in [1.807, 2.05) is 31.2 Å². The van der Waals surface area contributed by atoms with Crippen LogP contribution < -0.4 is 9.47 Å². The monoisotopic (exact) mass is 304 g/mol. The van der Waals surface area contributed by atoms with E-state index in [1.165, 1.54) is 25.3 Å². The lowest BCUT2D eigenvalue weighted by Crippen LogP contribution is -1.94. The van der Waals surface area contributed by atoms with Gasteiger partial charge in [-0.3, -0.25) is 0 Å². The van der Waals surface area contributed by atoms with Crippen molar-refractivity contribution in [2.24, 2.45) is 0 Å². The first kappa shape index (κ1) is 16.0. The van der Waals surface area contributed by atoms with Gasteiger partial charge in [-0.15, -0.1) is 0 Å². The van der Waals surface area contributed by atoms with Gasteiger partial charge in [0.05, 0.1) is 13.7 Å². The van der Waals surface area contributed by atoms with E-state index in [4.69, 9.17) is 9.47 Å². The first-order valence-electron chi connectivity index (χ1n) is 7.08. The quantitative estimate of drug-likeness (QED) is 0.704. The molecule has 0 radical (unpaired) electrons. The van der Waals surface area contributed by atoms with Crippen molar-refractivity contribution in [2.45, 2.75) is 13.3 Å². The average molecular weight is 304 g/mol. The minimum Gasteiger partial charge on any atom is -0.494 e. The highest BCUT2D eigenvalue weighted by Crippen LogP contribution is 2.24. The number of benzene rings is 2. The van der Waals surface area contributed by atoms with Gasteiger partial charge in [0.15, 0.2) is 11.6 Å². The lowest BCUT2D eigenvalue weighted by atomic mass is 10.1. The van der Waals surface area contributed by atoms with Gasteiger partial charge in [-0.25, -0.2) is 4.39 Å². The zero-order valence-electron chi connectivity index (χ0n) is 12.6. The Hall–Kier alpha value is -2.36. The molecule has 0 aliphatic rings. The van der Waals surface area contributed by atoms with E-state index in [0.29, 0.717) is 6.61 Å². The first-order chi connectivity index (χ1) is 10.7. The number of methoxy groups -OCH3 is 1. The summed E-state index contributed by atoms with van der Waals surface area (Å²) in [5.41, 5.74) is 1.05. The van der Waals surface area contributed by atoms with Crippen LogP contribution in [0.5, 0.6) is 11.5 Å². The van der Waals surface area contributed by atoms with Crippen LogP contribution in [0.4, 0.5) is 8.78 Å². The molecule has 2 rings (SSSR count). The van der Waals surface area contributed by atoms with Gasteiger partial charge < -0.3 is 9.47 Å². The summed E-state index contributed by atoms with van der Waals surface area (Å²) in [6.45, 7) is 2.71. The molecule has 0 fully saturated rings. The van der Waals surface area contributed by atoms with Crippen molar-refractivity contribution < 1.29 is 18.3 Å². The lowest BCUT2D eigenvalue weighted by Gasteiger charge is -2.05. The third kappa shape index (κ3) is 3.85. The molecule has 0 heterocycles. The molecule has 2 nitrogen and oxygen atoms in total. The third-order valence-electron chi connectivity index (χ3n) is 3.10. The van der Waals surface area contributed by atoms with Gasteiger partial charge in [-0.1, -0.05) is 31.2 Å². The molecule has 0 saturated heterocycles. The van der Waals surface area contributed by atoms with E-state index in [0.717, 1.165) is 17.7 Å². The van der Waals surface area contributed by atoms with Crippen molar-refractivity contribution in [1.82, 2.24) is 0 Å². The van der Waals surface area contributed by atoms with Crippen molar-refractivity contribution >= 4 is 12.2 Å². The van der Waals surface area contributed by atoms with Gasteiger partial charge in [0.1, 0.15) is 5.75 Å². The largest absolute Gasteiger partial charge is 0.494 e. The van der Waals surface area contributed by atoms with Crippen LogP contribution >= 0.6 is 0 Å². The van der Waals surface area contributed by atoms with E-state index in [1.54, 1.807) is 6.08 Å². The fourth-order valence-electron chi connectivity index (χ4n) is 1.91. The minimum atomic E-state index is -0.979. The molecule has 2 aromatic rings. The smallest absolute Gasteiger partial charge is 0.201 e. The lowest BCUT2D eigenvalue weighted by molar-refractivity contribution is 0.317. The van der Waals surface area contributed by atoms with Crippen LogP contribution in [0.25, 0.3) is 12.2 Å². The molecule has 0 saturated carbocycles. The van der Waals surface area contributed by atoms with Crippen LogP contribution in [0.3, 0.4) is 0 Å². The van der Waals surface area contributed by atoms with E-state index in [2.05, 4.69) is 0 Å². The van der Waals surface area contributed by atoms with Gasteiger partial charge in [-0.2, -0.15) is 4.39 Å². The molecule has 2 aromatic carbocycles. The topological polar surface area (TPSA) is 18.5 Å². The molecular formula is C18H18F2O2. The Labute approximate surface area is 129 Å². The molecule has 0 atom stereocenters. The molecular weight excluding hydrogens is 286 g/mol. The van der Waals surface area contributed by atoms with Gasteiger partial charge in [0, 0.05) is 5.56 Å². The summed E-state index contributed by atoms with van der Waals surface area (Å²) in [6, 6.07) is 10.3. The second-order valence-electron chi connectivity index (χ2n) is 4.74. The van der Waals surface area contributed by atoms with Crippen LogP contribution in [0.15, 0.2) is 36.4 Å². The summed E-state index contributed by atoms with van der Waals surface area (Å²) in [5.74, 6) is -1.21. The Morgan fingerprint density at radius 3 is 2.32 bits per heavy atom. The maximum Gasteiger partial charge on any atom is 0.201 e. The third-order valence-corrected chi connectivity index (χ3v) is 3.10.